The summed E-state index contributed by atoms with van der Waals surface area (Å²) >= 11 is 0. The summed E-state index contributed by atoms with van der Waals surface area (Å²) in [4.78, 5) is 0. The molecular formula is C14H24O. The molecule has 0 spiro atoms. The quantitative estimate of drug-likeness (QED) is 0.688. The third-order valence-electron chi connectivity index (χ3n) is 3.94. The van der Waals surface area contributed by atoms with Crippen LogP contribution in [0.25, 0.3) is 0 Å². The molecule has 1 N–H and O–H groups in total. The van der Waals surface area contributed by atoms with Crippen molar-refractivity contribution in [3.05, 3.63) is 23.8 Å². The van der Waals surface area contributed by atoms with Gasteiger partial charge in [-0.25, -0.2) is 0 Å². The maximum atomic E-state index is 9.30. The van der Waals surface area contributed by atoms with E-state index in [0.29, 0.717) is 17.3 Å². The van der Waals surface area contributed by atoms with Crippen LogP contribution in [0.5, 0.6) is 0 Å². The van der Waals surface area contributed by atoms with Crippen LogP contribution in [0.1, 0.15) is 41.0 Å². The maximum Gasteiger partial charge on any atom is 0.0692 e. The van der Waals surface area contributed by atoms with Crippen molar-refractivity contribution < 1.29 is 5.11 Å². The van der Waals surface area contributed by atoms with Crippen molar-refractivity contribution in [2.24, 2.45) is 17.3 Å². The van der Waals surface area contributed by atoms with Gasteiger partial charge in [0.15, 0.2) is 0 Å². The van der Waals surface area contributed by atoms with E-state index in [9.17, 15) is 5.11 Å². The van der Waals surface area contributed by atoms with Gasteiger partial charge >= 0.3 is 0 Å². The topological polar surface area (TPSA) is 20.2 Å². The monoisotopic (exact) mass is 208 g/mol. The van der Waals surface area contributed by atoms with Gasteiger partial charge in [-0.2, -0.15) is 0 Å². The van der Waals surface area contributed by atoms with Gasteiger partial charge in [-0.3, -0.25) is 0 Å². The highest BCUT2D eigenvalue weighted by atomic mass is 16.3. The van der Waals surface area contributed by atoms with E-state index in [2.05, 4.69) is 39.8 Å². The number of rotatable bonds is 2. The minimum absolute atomic E-state index is 0.296. The minimum atomic E-state index is -0.342. The van der Waals surface area contributed by atoms with Crippen LogP contribution < -0.4 is 0 Å². The molecule has 0 bridgehead atoms. The van der Waals surface area contributed by atoms with E-state index >= 15 is 0 Å². The van der Waals surface area contributed by atoms with Crippen molar-refractivity contribution in [1.29, 1.82) is 0 Å². The van der Waals surface area contributed by atoms with Crippen LogP contribution in [0, 0.1) is 17.3 Å². The number of allylic oxidation sites excluding steroid dienone is 3. The predicted octanol–water partition coefficient (Wildman–Crippen LogP) is 3.55. The third kappa shape index (κ3) is 2.72. The zero-order valence-corrected chi connectivity index (χ0v) is 10.6. The fourth-order valence-corrected chi connectivity index (χ4v) is 2.36. The predicted molar refractivity (Wildman–Crippen MR) is 65.6 cm³/mol. The third-order valence-corrected chi connectivity index (χ3v) is 3.94. The molecule has 3 atom stereocenters. The van der Waals surface area contributed by atoms with Crippen LogP contribution in [-0.2, 0) is 0 Å². The molecule has 0 aliphatic heterocycles. The smallest absolute Gasteiger partial charge is 0.0692 e. The van der Waals surface area contributed by atoms with Crippen LogP contribution in [-0.4, -0.2) is 11.2 Å². The van der Waals surface area contributed by atoms with Crippen LogP contribution in [0.3, 0.4) is 0 Å². The molecule has 1 heteroatoms. The number of hydrogen-bond donors (Lipinski definition) is 1. The molecule has 0 heterocycles. The van der Waals surface area contributed by atoms with E-state index < -0.39 is 0 Å². The van der Waals surface area contributed by atoms with Gasteiger partial charge in [-0.1, -0.05) is 44.6 Å². The number of aliphatic hydroxyl groups excluding tert-OH is 1. The molecule has 1 rings (SSSR count). The van der Waals surface area contributed by atoms with E-state index in [0.717, 1.165) is 0 Å². The molecule has 0 unspecified atom stereocenters. The minimum Gasteiger partial charge on any atom is -0.389 e. The van der Waals surface area contributed by atoms with Gasteiger partial charge in [0.2, 0.25) is 0 Å². The first kappa shape index (κ1) is 12.5. The maximum absolute atomic E-state index is 9.30. The lowest BCUT2D eigenvalue weighted by molar-refractivity contribution is 0.166. The summed E-state index contributed by atoms with van der Waals surface area (Å²) in [5, 5.41) is 9.30. The van der Waals surface area contributed by atoms with E-state index in [1.54, 1.807) is 6.92 Å². The van der Waals surface area contributed by atoms with Gasteiger partial charge in [-0.15, -0.1) is 0 Å². The zero-order chi connectivity index (χ0) is 11.6. The lowest BCUT2D eigenvalue weighted by Crippen LogP contribution is -2.33. The van der Waals surface area contributed by atoms with E-state index in [1.807, 2.05) is 6.08 Å². The summed E-state index contributed by atoms with van der Waals surface area (Å²) in [6, 6.07) is 0. The first-order valence-electron chi connectivity index (χ1n) is 5.88. The molecule has 0 amide bonds. The summed E-state index contributed by atoms with van der Waals surface area (Å²) in [5.74, 6) is 1.17. The molecule has 86 valence electrons. The Hall–Kier alpha value is -0.560. The summed E-state index contributed by atoms with van der Waals surface area (Å²) in [5.41, 5.74) is 1.74. The largest absolute Gasteiger partial charge is 0.389 e. The summed E-state index contributed by atoms with van der Waals surface area (Å²) in [6.07, 6.45) is 7.25. The number of hydrogen-bond acceptors (Lipinski definition) is 1. The van der Waals surface area contributed by atoms with Gasteiger partial charge < -0.3 is 5.11 Å². The van der Waals surface area contributed by atoms with Crippen molar-refractivity contribution in [2.45, 2.75) is 47.1 Å². The molecule has 1 aliphatic rings. The molecule has 1 aliphatic carbocycles. The van der Waals surface area contributed by atoms with Crippen molar-refractivity contribution in [3.8, 4) is 0 Å². The molecule has 0 saturated carbocycles. The highest BCUT2D eigenvalue weighted by Crippen LogP contribution is 2.45. The van der Waals surface area contributed by atoms with Crippen molar-refractivity contribution in [1.82, 2.24) is 0 Å². The van der Waals surface area contributed by atoms with Crippen LogP contribution in [0.4, 0.5) is 0 Å². The Morgan fingerprint density at radius 2 is 2.13 bits per heavy atom. The Bertz CT molecular complexity index is 271. The first-order valence-corrected chi connectivity index (χ1v) is 5.88. The first-order chi connectivity index (χ1) is 6.85. The second kappa shape index (κ2) is 4.52. The molecule has 0 aromatic heterocycles. The standard InChI is InChI=1S/C14H24O/c1-10-6-7-11(2)14(4,5)13(10)9-8-12(3)15/h6,8-9,11-13,15H,7H2,1-5H3/t11-,12+,13-/m0/s1. The second-order valence-corrected chi connectivity index (χ2v) is 5.51. The summed E-state index contributed by atoms with van der Waals surface area (Å²) in [7, 11) is 0. The Morgan fingerprint density at radius 1 is 1.53 bits per heavy atom. The molecule has 0 aromatic carbocycles. The SMILES string of the molecule is CC1=CC[C@H](C)C(C)(C)[C@H]1C=C[C@@H](C)O. The molecular weight excluding hydrogens is 184 g/mol. The van der Waals surface area contributed by atoms with Crippen molar-refractivity contribution in [3.63, 3.8) is 0 Å². The normalized spacial score (nSPS) is 32.8. The fraction of sp³-hybridized carbons (Fsp3) is 0.714. The molecule has 1 nitrogen and oxygen atoms in total. The Labute approximate surface area is 93.9 Å². The van der Waals surface area contributed by atoms with E-state index in [-0.39, 0.29) is 6.10 Å². The fourth-order valence-electron chi connectivity index (χ4n) is 2.36. The van der Waals surface area contributed by atoms with Gasteiger partial charge in [0, 0.05) is 5.92 Å². The number of aliphatic hydroxyl groups is 1. The molecule has 0 aromatic rings. The lowest BCUT2D eigenvalue weighted by Gasteiger charge is -2.42. The van der Waals surface area contributed by atoms with Gasteiger partial charge in [-0.05, 0) is 31.6 Å². The Balaban J connectivity index is 2.92. The van der Waals surface area contributed by atoms with Crippen molar-refractivity contribution in [2.75, 3.05) is 0 Å². The van der Waals surface area contributed by atoms with Gasteiger partial charge in [0.25, 0.3) is 0 Å². The van der Waals surface area contributed by atoms with Gasteiger partial charge in [0.1, 0.15) is 0 Å². The summed E-state index contributed by atoms with van der Waals surface area (Å²) < 4.78 is 0. The molecule has 0 saturated heterocycles. The molecule has 0 radical (unpaired) electrons. The lowest BCUT2D eigenvalue weighted by atomic mass is 9.63. The average Bonchev–Trinajstić information content (AvgIpc) is 2.11. The molecule has 15 heavy (non-hydrogen) atoms. The van der Waals surface area contributed by atoms with E-state index in [4.69, 9.17) is 0 Å². The average molecular weight is 208 g/mol. The van der Waals surface area contributed by atoms with Crippen LogP contribution in [0.2, 0.25) is 0 Å². The zero-order valence-electron chi connectivity index (χ0n) is 10.6. The van der Waals surface area contributed by atoms with E-state index in [1.165, 1.54) is 12.0 Å². The van der Waals surface area contributed by atoms with Crippen LogP contribution in [0.15, 0.2) is 23.8 Å². The molecule has 0 fully saturated rings. The van der Waals surface area contributed by atoms with Crippen LogP contribution >= 0.6 is 0 Å². The Morgan fingerprint density at radius 3 is 2.67 bits per heavy atom. The van der Waals surface area contributed by atoms with Gasteiger partial charge in [0.05, 0.1) is 6.10 Å². The van der Waals surface area contributed by atoms with Crippen molar-refractivity contribution >= 4 is 0 Å². The highest BCUT2D eigenvalue weighted by molar-refractivity contribution is 5.20. The second-order valence-electron chi connectivity index (χ2n) is 5.51. The summed E-state index contributed by atoms with van der Waals surface area (Å²) in [6.45, 7) is 11.0. The Kier molecular flexibility index (Phi) is 3.77. The highest BCUT2D eigenvalue weighted by Gasteiger charge is 2.36.